The van der Waals surface area contributed by atoms with Gasteiger partial charge in [-0.1, -0.05) is 6.07 Å². The maximum Gasteiger partial charge on any atom is 0.332 e. The van der Waals surface area contributed by atoms with Crippen molar-refractivity contribution in [1.82, 2.24) is 9.13 Å². The molecule has 0 radical (unpaired) electrons. The minimum absolute atomic E-state index is 0.116. The maximum atomic E-state index is 12.1. The molecular weight excluding hydrogens is 220 g/mol. The van der Waals surface area contributed by atoms with Crippen LogP contribution in [-0.2, 0) is 22.9 Å². The van der Waals surface area contributed by atoms with Gasteiger partial charge in [0.15, 0.2) is 0 Å². The van der Waals surface area contributed by atoms with Gasteiger partial charge in [-0.2, -0.15) is 0 Å². The minimum atomic E-state index is -0.116. The van der Waals surface area contributed by atoms with Crippen molar-refractivity contribution < 1.29 is 9.47 Å². The summed E-state index contributed by atoms with van der Waals surface area (Å²) in [5.74, 6) is 0. The quantitative estimate of drug-likeness (QED) is 0.804. The van der Waals surface area contributed by atoms with Gasteiger partial charge in [0, 0.05) is 14.2 Å². The number of nitrogens with zero attached hydrogens (tertiary/aromatic N) is 2. The zero-order chi connectivity index (χ0) is 12.4. The van der Waals surface area contributed by atoms with Gasteiger partial charge in [0.2, 0.25) is 0 Å². The molecule has 0 aliphatic rings. The Balaban J connectivity index is 2.73. The number of aromatic nitrogens is 2. The molecule has 1 aromatic carbocycles. The van der Waals surface area contributed by atoms with E-state index in [1.165, 1.54) is 0 Å². The summed E-state index contributed by atoms with van der Waals surface area (Å²) < 4.78 is 13.3. The summed E-state index contributed by atoms with van der Waals surface area (Å²) in [4.78, 5) is 12.1. The molecule has 1 aromatic heterocycles. The van der Waals surface area contributed by atoms with Gasteiger partial charge in [0.05, 0.1) is 11.0 Å². The molecule has 0 fully saturated rings. The van der Waals surface area contributed by atoms with E-state index >= 15 is 0 Å². The molecule has 0 N–H and O–H groups in total. The lowest BCUT2D eigenvalue weighted by Gasteiger charge is -2.01. The van der Waals surface area contributed by atoms with Crippen molar-refractivity contribution >= 4 is 11.0 Å². The van der Waals surface area contributed by atoms with Gasteiger partial charge in [0.1, 0.15) is 13.5 Å². The molecule has 2 aromatic rings. The van der Waals surface area contributed by atoms with Crippen LogP contribution in [0.3, 0.4) is 0 Å². The molecule has 5 nitrogen and oxygen atoms in total. The molecule has 0 bridgehead atoms. The highest BCUT2D eigenvalue weighted by Gasteiger charge is 2.12. The summed E-state index contributed by atoms with van der Waals surface area (Å²) in [5.41, 5.74) is 2.72. The van der Waals surface area contributed by atoms with E-state index in [9.17, 15) is 4.79 Å². The first-order chi connectivity index (χ1) is 8.19. The van der Waals surface area contributed by atoms with Crippen molar-refractivity contribution in [2.75, 3.05) is 14.2 Å². The largest absolute Gasteiger partial charge is 0.364 e. The molecule has 2 rings (SSSR count). The fourth-order valence-corrected chi connectivity index (χ4v) is 1.94. The molecule has 0 aliphatic carbocycles. The first kappa shape index (κ1) is 11.9. The molecule has 0 aliphatic heterocycles. The van der Waals surface area contributed by atoms with E-state index < -0.39 is 0 Å². The monoisotopic (exact) mass is 236 g/mol. The number of imidazole rings is 1. The highest BCUT2D eigenvalue weighted by atomic mass is 16.5. The molecule has 0 spiro atoms. The Morgan fingerprint density at radius 2 is 1.65 bits per heavy atom. The van der Waals surface area contributed by atoms with Gasteiger partial charge in [-0.15, -0.1) is 0 Å². The van der Waals surface area contributed by atoms with E-state index in [2.05, 4.69) is 0 Å². The maximum absolute atomic E-state index is 12.1. The Hall–Kier alpha value is -1.59. The van der Waals surface area contributed by atoms with E-state index in [-0.39, 0.29) is 19.2 Å². The van der Waals surface area contributed by atoms with Crippen LogP contribution in [0.25, 0.3) is 11.0 Å². The average molecular weight is 236 g/mol. The number of methoxy groups -OCH3 is 2. The highest BCUT2D eigenvalue weighted by molar-refractivity contribution is 5.76. The first-order valence-electron chi connectivity index (χ1n) is 5.36. The van der Waals surface area contributed by atoms with Crippen molar-refractivity contribution in [2.24, 2.45) is 0 Å². The van der Waals surface area contributed by atoms with Crippen LogP contribution in [-0.4, -0.2) is 23.4 Å². The molecule has 0 saturated carbocycles. The predicted octanol–water partition coefficient (Wildman–Crippen LogP) is 1.32. The summed E-state index contributed by atoms with van der Waals surface area (Å²) in [6.45, 7) is 2.49. The summed E-state index contributed by atoms with van der Waals surface area (Å²) >= 11 is 0. The number of hydrogen-bond donors (Lipinski definition) is 0. The molecule has 0 unspecified atom stereocenters. The van der Waals surface area contributed by atoms with Crippen LogP contribution in [0.1, 0.15) is 5.56 Å². The highest BCUT2D eigenvalue weighted by Crippen LogP contribution is 2.15. The minimum Gasteiger partial charge on any atom is -0.364 e. The van der Waals surface area contributed by atoms with Gasteiger partial charge >= 0.3 is 5.69 Å². The Morgan fingerprint density at radius 1 is 1.06 bits per heavy atom. The van der Waals surface area contributed by atoms with E-state index in [1.54, 1.807) is 23.4 Å². The van der Waals surface area contributed by atoms with E-state index in [4.69, 9.17) is 9.47 Å². The van der Waals surface area contributed by atoms with Crippen LogP contribution in [0, 0.1) is 6.92 Å². The molecule has 5 heteroatoms. The van der Waals surface area contributed by atoms with E-state index in [0.717, 1.165) is 16.6 Å². The lowest BCUT2D eigenvalue weighted by molar-refractivity contribution is 0.117. The number of benzene rings is 1. The number of hydrogen-bond acceptors (Lipinski definition) is 3. The Bertz CT molecular complexity index is 583. The zero-order valence-electron chi connectivity index (χ0n) is 10.3. The van der Waals surface area contributed by atoms with Crippen molar-refractivity contribution in [3.63, 3.8) is 0 Å². The van der Waals surface area contributed by atoms with E-state index in [1.807, 2.05) is 25.1 Å². The topological polar surface area (TPSA) is 45.4 Å². The average Bonchev–Trinajstić information content (AvgIpc) is 2.55. The van der Waals surface area contributed by atoms with Crippen LogP contribution in [0.2, 0.25) is 0 Å². The fraction of sp³-hybridized carbons (Fsp3) is 0.417. The van der Waals surface area contributed by atoms with Crippen LogP contribution < -0.4 is 5.69 Å². The predicted molar refractivity (Wildman–Crippen MR) is 65.0 cm³/mol. The Labute approximate surface area is 99.2 Å². The van der Waals surface area contributed by atoms with Gasteiger partial charge in [-0.05, 0) is 24.6 Å². The summed E-state index contributed by atoms with van der Waals surface area (Å²) in [6, 6.07) is 5.88. The van der Waals surface area contributed by atoms with Gasteiger partial charge in [-0.3, -0.25) is 9.13 Å². The van der Waals surface area contributed by atoms with Crippen LogP contribution in [0.5, 0.6) is 0 Å². The van der Waals surface area contributed by atoms with Gasteiger partial charge < -0.3 is 9.47 Å². The SMILES string of the molecule is COCn1c(=O)n(COC)c2cc(C)ccc21. The molecule has 0 saturated heterocycles. The molecule has 1 heterocycles. The second-order valence-electron chi connectivity index (χ2n) is 3.97. The smallest absolute Gasteiger partial charge is 0.332 e. The number of ether oxygens (including phenoxy) is 2. The third kappa shape index (κ3) is 1.99. The lowest BCUT2D eigenvalue weighted by atomic mass is 10.2. The van der Waals surface area contributed by atoms with Crippen molar-refractivity contribution in [3.05, 3.63) is 34.2 Å². The lowest BCUT2D eigenvalue weighted by Crippen LogP contribution is -2.25. The van der Waals surface area contributed by atoms with Crippen LogP contribution in [0.4, 0.5) is 0 Å². The van der Waals surface area contributed by atoms with Crippen LogP contribution in [0.15, 0.2) is 23.0 Å². The molecule has 17 heavy (non-hydrogen) atoms. The van der Waals surface area contributed by atoms with E-state index in [0.29, 0.717) is 0 Å². The number of fused-ring (bicyclic) bond motifs is 1. The Morgan fingerprint density at radius 3 is 2.24 bits per heavy atom. The number of rotatable bonds is 4. The third-order valence-electron chi connectivity index (χ3n) is 2.69. The molecule has 0 atom stereocenters. The fourth-order valence-electron chi connectivity index (χ4n) is 1.94. The normalized spacial score (nSPS) is 11.2. The van der Waals surface area contributed by atoms with Crippen molar-refractivity contribution in [3.8, 4) is 0 Å². The third-order valence-corrected chi connectivity index (χ3v) is 2.69. The zero-order valence-corrected chi connectivity index (χ0v) is 10.3. The summed E-state index contributed by atoms with van der Waals surface area (Å²) in [7, 11) is 3.14. The summed E-state index contributed by atoms with van der Waals surface area (Å²) in [5, 5.41) is 0. The number of aryl methyl sites for hydroxylation is 1. The van der Waals surface area contributed by atoms with Crippen molar-refractivity contribution in [2.45, 2.75) is 20.4 Å². The van der Waals surface area contributed by atoms with Gasteiger partial charge in [-0.25, -0.2) is 4.79 Å². The molecular formula is C12H16N2O3. The summed E-state index contributed by atoms with van der Waals surface area (Å²) in [6.07, 6.45) is 0. The molecule has 0 amide bonds. The Kier molecular flexibility index (Phi) is 3.31. The van der Waals surface area contributed by atoms with Gasteiger partial charge in [0.25, 0.3) is 0 Å². The second-order valence-corrected chi connectivity index (χ2v) is 3.97. The second kappa shape index (κ2) is 4.73. The molecule has 92 valence electrons. The van der Waals surface area contributed by atoms with Crippen LogP contribution >= 0.6 is 0 Å². The first-order valence-corrected chi connectivity index (χ1v) is 5.36. The standard InChI is InChI=1S/C12H16N2O3/c1-9-4-5-10-11(6-9)14(8-17-3)12(15)13(10)7-16-2/h4-6H,7-8H2,1-3H3. The van der Waals surface area contributed by atoms with Crippen molar-refractivity contribution in [1.29, 1.82) is 0 Å².